The van der Waals surface area contributed by atoms with Gasteiger partial charge in [0.15, 0.2) is 11.5 Å². The number of aliphatic hydroxyl groups excluding tert-OH is 1. The van der Waals surface area contributed by atoms with Gasteiger partial charge in [-0.15, -0.1) is 0 Å². The second-order valence-electron chi connectivity index (χ2n) is 4.87. The van der Waals surface area contributed by atoms with Gasteiger partial charge in [-0.25, -0.2) is 4.39 Å². The lowest BCUT2D eigenvalue weighted by Crippen LogP contribution is -2.15. The van der Waals surface area contributed by atoms with Crippen LogP contribution in [0, 0.1) is 12.7 Å². The molecule has 0 saturated carbocycles. The second kappa shape index (κ2) is 5.13. The molecule has 2 aromatic carbocycles. The van der Waals surface area contributed by atoms with Crippen molar-refractivity contribution in [2.45, 2.75) is 13.0 Å². The number of rotatable bonds is 2. The van der Waals surface area contributed by atoms with Crippen molar-refractivity contribution >= 4 is 0 Å². The standard InChI is InChI=1S/C16H15FO3/c1-10-6-12(8-13(17)7-10)16(18)11-2-3-14-15(9-11)20-5-4-19-14/h2-3,6-9,16,18H,4-5H2,1H3. The van der Waals surface area contributed by atoms with Crippen LogP contribution in [0.25, 0.3) is 0 Å². The Hall–Kier alpha value is -2.07. The summed E-state index contributed by atoms with van der Waals surface area (Å²) in [5.41, 5.74) is 1.95. The molecule has 20 heavy (non-hydrogen) atoms. The van der Waals surface area contributed by atoms with E-state index in [-0.39, 0.29) is 5.82 Å². The molecule has 104 valence electrons. The minimum Gasteiger partial charge on any atom is -0.486 e. The number of aryl methyl sites for hydroxylation is 1. The molecule has 1 heterocycles. The third-order valence-electron chi connectivity index (χ3n) is 3.26. The Morgan fingerprint density at radius 1 is 1.00 bits per heavy atom. The molecular formula is C16H15FO3. The van der Waals surface area contributed by atoms with Crippen molar-refractivity contribution in [1.82, 2.24) is 0 Å². The minimum absolute atomic E-state index is 0.350. The van der Waals surface area contributed by atoms with E-state index in [0.717, 1.165) is 5.56 Å². The fourth-order valence-corrected chi connectivity index (χ4v) is 2.34. The maximum absolute atomic E-state index is 13.4. The Balaban J connectivity index is 1.95. The fraction of sp³-hybridized carbons (Fsp3) is 0.250. The summed E-state index contributed by atoms with van der Waals surface area (Å²) in [7, 11) is 0. The third kappa shape index (κ3) is 2.47. The zero-order valence-electron chi connectivity index (χ0n) is 11.1. The van der Waals surface area contributed by atoms with Crippen molar-refractivity contribution in [3.63, 3.8) is 0 Å². The van der Waals surface area contributed by atoms with Crippen LogP contribution < -0.4 is 9.47 Å². The number of halogens is 1. The first-order valence-electron chi connectivity index (χ1n) is 6.48. The molecule has 1 atom stereocenters. The molecule has 3 rings (SSSR count). The van der Waals surface area contributed by atoms with Gasteiger partial charge < -0.3 is 14.6 Å². The first-order valence-corrected chi connectivity index (χ1v) is 6.48. The van der Waals surface area contributed by atoms with Gasteiger partial charge in [0.2, 0.25) is 0 Å². The van der Waals surface area contributed by atoms with Crippen LogP contribution in [-0.4, -0.2) is 18.3 Å². The van der Waals surface area contributed by atoms with E-state index < -0.39 is 6.10 Å². The Labute approximate surface area is 116 Å². The molecule has 1 aliphatic heterocycles. The molecule has 0 bridgehead atoms. The summed E-state index contributed by atoms with van der Waals surface area (Å²) in [5.74, 6) is 0.931. The fourth-order valence-electron chi connectivity index (χ4n) is 2.34. The average molecular weight is 274 g/mol. The highest BCUT2D eigenvalue weighted by molar-refractivity contribution is 5.46. The maximum Gasteiger partial charge on any atom is 0.161 e. The van der Waals surface area contributed by atoms with Gasteiger partial charge in [0.05, 0.1) is 0 Å². The predicted molar refractivity (Wildman–Crippen MR) is 72.6 cm³/mol. The van der Waals surface area contributed by atoms with E-state index in [1.807, 2.05) is 0 Å². The van der Waals surface area contributed by atoms with Crippen molar-refractivity contribution < 1.29 is 19.0 Å². The largest absolute Gasteiger partial charge is 0.486 e. The minimum atomic E-state index is -0.889. The molecule has 3 nitrogen and oxygen atoms in total. The number of aliphatic hydroxyl groups is 1. The molecule has 1 N–H and O–H groups in total. The number of hydrogen-bond donors (Lipinski definition) is 1. The highest BCUT2D eigenvalue weighted by Gasteiger charge is 2.17. The average Bonchev–Trinajstić information content (AvgIpc) is 2.45. The lowest BCUT2D eigenvalue weighted by Gasteiger charge is -2.20. The lowest BCUT2D eigenvalue weighted by atomic mass is 9.99. The lowest BCUT2D eigenvalue weighted by molar-refractivity contribution is 0.169. The molecule has 0 amide bonds. The van der Waals surface area contributed by atoms with Gasteiger partial charge in [0.1, 0.15) is 25.1 Å². The smallest absolute Gasteiger partial charge is 0.161 e. The normalized spacial score (nSPS) is 14.9. The molecule has 0 radical (unpaired) electrons. The first-order chi connectivity index (χ1) is 9.63. The van der Waals surface area contributed by atoms with Crippen LogP contribution in [0.2, 0.25) is 0 Å². The van der Waals surface area contributed by atoms with E-state index in [9.17, 15) is 9.50 Å². The highest BCUT2D eigenvalue weighted by atomic mass is 19.1. The maximum atomic E-state index is 13.4. The summed E-state index contributed by atoms with van der Waals surface area (Å²) in [6.07, 6.45) is -0.889. The van der Waals surface area contributed by atoms with E-state index in [2.05, 4.69) is 0 Å². The van der Waals surface area contributed by atoms with Gasteiger partial charge in [-0.1, -0.05) is 12.1 Å². The molecule has 0 aliphatic carbocycles. The molecule has 0 spiro atoms. The summed E-state index contributed by atoms with van der Waals surface area (Å²) in [6.45, 7) is 2.81. The summed E-state index contributed by atoms with van der Waals surface area (Å²) in [5, 5.41) is 10.4. The van der Waals surface area contributed by atoms with E-state index in [0.29, 0.717) is 35.8 Å². The molecule has 4 heteroatoms. The van der Waals surface area contributed by atoms with Crippen LogP contribution in [0.1, 0.15) is 22.8 Å². The summed E-state index contributed by atoms with van der Waals surface area (Å²) in [6, 6.07) is 9.80. The van der Waals surface area contributed by atoms with Gasteiger partial charge >= 0.3 is 0 Å². The Morgan fingerprint density at radius 2 is 1.75 bits per heavy atom. The zero-order chi connectivity index (χ0) is 14.1. The summed E-state index contributed by atoms with van der Waals surface area (Å²) in [4.78, 5) is 0. The molecule has 1 aliphatic rings. The van der Waals surface area contributed by atoms with Crippen molar-refractivity contribution in [3.8, 4) is 11.5 Å². The van der Waals surface area contributed by atoms with Gasteiger partial charge in [-0.3, -0.25) is 0 Å². The Morgan fingerprint density at radius 3 is 2.50 bits per heavy atom. The summed E-state index contributed by atoms with van der Waals surface area (Å²) >= 11 is 0. The van der Waals surface area contributed by atoms with E-state index in [1.165, 1.54) is 12.1 Å². The third-order valence-corrected chi connectivity index (χ3v) is 3.26. The topological polar surface area (TPSA) is 38.7 Å². The van der Waals surface area contributed by atoms with Crippen molar-refractivity contribution in [1.29, 1.82) is 0 Å². The Bertz CT molecular complexity index is 619. The molecule has 2 aromatic rings. The van der Waals surface area contributed by atoms with Crippen LogP contribution in [0.3, 0.4) is 0 Å². The SMILES string of the molecule is Cc1cc(F)cc(C(O)c2ccc3c(c2)OCCO3)c1. The highest BCUT2D eigenvalue weighted by Crippen LogP contribution is 2.34. The predicted octanol–water partition coefficient (Wildman–Crippen LogP) is 2.99. The van der Waals surface area contributed by atoms with Crippen molar-refractivity contribution in [2.75, 3.05) is 13.2 Å². The van der Waals surface area contributed by atoms with Crippen LogP contribution in [0.4, 0.5) is 4.39 Å². The molecule has 1 unspecified atom stereocenters. The number of ether oxygens (including phenoxy) is 2. The first kappa shape index (κ1) is 12.9. The number of fused-ring (bicyclic) bond motifs is 1. The van der Waals surface area contributed by atoms with Crippen LogP contribution in [-0.2, 0) is 0 Å². The quantitative estimate of drug-likeness (QED) is 0.915. The van der Waals surface area contributed by atoms with Gasteiger partial charge in [-0.05, 0) is 47.9 Å². The van der Waals surface area contributed by atoms with Gasteiger partial charge in [0.25, 0.3) is 0 Å². The monoisotopic (exact) mass is 274 g/mol. The van der Waals surface area contributed by atoms with Crippen LogP contribution in [0.15, 0.2) is 36.4 Å². The Kier molecular flexibility index (Phi) is 3.32. The van der Waals surface area contributed by atoms with Crippen LogP contribution >= 0.6 is 0 Å². The van der Waals surface area contributed by atoms with E-state index in [4.69, 9.17) is 9.47 Å². The van der Waals surface area contributed by atoms with Crippen LogP contribution in [0.5, 0.6) is 11.5 Å². The molecule has 0 saturated heterocycles. The van der Waals surface area contributed by atoms with E-state index in [1.54, 1.807) is 31.2 Å². The molecular weight excluding hydrogens is 259 g/mol. The second-order valence-corrected chi connectivity index (χ2v) is 4.87. The van der Waals surface area contributed by atoms with Crippen molar-refractivity contribution in [3.05, 3.63) is 58.9 Å². The number of hydrogen-bond acceptors (Lipinski definition) is 3. The van der Waals surface area contributed by atoms with Gasteiger partial charge in [-0.2, -0.15) is 0 Å². The molecule has 0 aromatic heterocycles. The van der Waals surface area contributed by atoms with Gasteiger partial charge in [0, 0.05) is 0 Å². The zero-order valence-corrected chi connectivity index (χ0v) is 11.1. The number of benzene rings is 2. The summed E-state index contributed by atoms with van der Waals surface area (Å²) < 4.78 is 24.3. The molecule has 0 fully saturated rings. The van der Waals surface area contributed by atoms with Crippen molar-refractivity contribution in [2.24, 2.45) is 0 Å². The van der Waals surface area contributed by atoms with E-state index >= 15 is 0 Å².